The first-order valence-electron chi connectivity index (χ1n) is 8.45. The Kier molecular flexibility index (Phi) is 4.19. The van der Waals surface area contributed by atoms with Crippen molar-refractivity contribution in [2.75, 3.05) is 13.1 Å². The summed E-state index contributed by atoms with van der Waals surface area (Å²) < 4.78 is 2.20. The Morgan fingerprint density at radius 1 is 1.29 bits per heavy atom. The Morgan fingerprint density at radius 3 is 2.62 bits per heavy atom. The molecule has 4 rings (SSSR count). The smallest absolute Gasteiger partial charge is 0.267 e. The van der Waals surface area contributed by atoms with Crippen LogP contribution in [-0.2, 0) is 6.54 Å². The molecule has 7 heteroatoms. The molecule has 2 aromatic heterocycles. The first kappa shape index (κ1) is 16.2. The minimum atomic E-state index is -0.572. The number of primary amides is 1. The van der Waals surface area contributed by atoms with Gasteiger partial charge in [-0.2, -0.15) is 0 Å². The van der Waals surface area contributed by atoms with E-state index in [2.05, 4.69) is 14.9 Å². The lowest BCUT2D eigenvalue weighted by atomic mass is 9.98. The van der Waals surface area contributed by atoms with Crippen LogP contribution < -0.4 is 11.1 Å². The standard InChI is InChI=1S/C17H20Cl2N4O/c18-11-7-12(16(20)24)22-17-13(11)14(19)15(10-1-2-10)23(17)8-9-3-5-21-6-4-9/h7,9-10,21H,1-6,8H2,(H2,20,24). The van der Waals surface area contributed by atoms with Gasteiger partial charge in [-0.05, 0) is 50.8 Å². The van der Waals surface area contributed by atoms with Gasteiger partial charge in [-0.15, -0.1) is 0 Å². The van der Waals surface area contributed by atoms with Crippen molar-refractivity contribution >= 4 is 40.1 Å². The average molecular weight is 367 g/mol. The van der Waals surface area contributed by atoms with Crippen LogP contribution in [0.4, 0.5) is 0 Å². The molecule has 0 radical (unpaired) electrons. The number of piperidine rings is 1. The summed E-state index contributed by atoms with van der Waals surface area (Å²) in [6.45, 7) is 2.94. The van der Waals surface area contributed by atoms with Crippen LogP contribution in [0.3, 0.4) is 0 Å². The minimum Gasteiger partial charge on any atom is -0.364 e. The number of carbonyl (C=O) groups is 1. The number of pyridine rings is 1. The van der Waals surface area contributed by atoms with E-state index in [0.29, 0.717) is 27.5 Å². The van der Waals surface area contributed by atoms with Gasteiger partial charge in [-0.25, -0.2) is 4.98 Å². The van der Waals surface area contributed by atoms with Crippen molar-refractivity contribution in [2.45, 2.75) is 38.1 Å². The van der Waals surface area contributed by atoms with Gasteiger partial charge in [0.1, 0.15) is 11.3 Å². The van der Waals surface area contributed by atoms with E-state index >= 15 is 0 Å². The minimum absolute atomic E-state index is 0.190. The summed E-state index contributed by atoms with van der Waals surface area (Å²) in [7, 11) is 0. The molecule has 0 spiro atoms. The van der Waals surface area contributed by atoms with E-state index in [1.165, 1.54) is 6.07 Å². The molecule has 1 aliphatic heterocycles. The van der Waals surface area contributed by atoms with Crippen molar-refractivity contribution in [1.29, 1.82) is 0 Å². The molecule has 0 aromatic carbocycles. The Hall–Kier alpha value is -1.30. The van der Waals surface area contributed by atoms with Gasteiger partial charge in [0.15, 0.2) is 0 Å². The van der Waals surface area contributed by atoms with E-state index in [0.717, 1.165) is 56.4 Å². The summed E-state index contributed by atoms with van der Waals surface area (Å²) in [6.07, 6.45) is 4.54. The van der Waals surface area contributed by atoms with Gasteiger partial charge in [0.25, 0.3) is 5.91 Å². The van der Waals surface area contributed by atoms with Crippen LogP contribution in [0.2, 0.25) is 10.0 Å². The molecule has 1 aliphatic carbocycles. The number of fused-ring (bicyclic) bond motifs is 1. The van der Waals surface area contributed by atoms with Gasteiger partial charge in [0, 0.05) is 18.2 Å². The highest BCUT2D eigenvalue weighted by molar-refractivity contribution is 6.42. The number of hydrogen-bond acceptors (Lipinski definition) is 3. The molecule has 3 heterocycles. The van der Waals surface area contributed by atoms with E-state index in [1.807, 2.05) is 0 Å². The molecule has 1 saturated carbocycles. The van der Waals surface area contributed by atoms with Gasteiger partial charge in [0.2, 0.25) is 0 Å². The molecule has 2 aliphatic rings. The summed E-state index contributed by atoms with van der Waals surface area (Å²) in [5.41, 5.74) is 7.43. The molecule has 0 atom stereocenters. The van der Waals surface area contributed by atoms with Crippen molar-refractivity contribution in [3.63, 3.8) is 0 Å². The largest absolute Gasteiger partial charge is 0.364 e. The van der Waals surface area contributed by atoms with Gasteiger partial charge in [-0.1, -0.05) is 23.2 Å². The third-order valence-corrected chi connectivity index (χ3v) is 5.74. The lowest BCUT2D eigenvalue weighted by Gasteiger charge is -2.24. The monoisotopic (exact) mass is 366 g/mol. The molecule has 24 heavy (non-hydrogen) atoms. The first-order valence-corrected chi connectivity index (χ1v) is 9.20. The van der Waals surface area contributed by atoms with Crippen LogP contribution in [0.1, 0.15) is 47.8 Å². The van der Waals surface area contributed by atoms with Crippen LogP contribution in [0.5, 0.6) is 0 Å². The maximum absolute atomic E-state index is 11.6. The summed E-state index contributed by atoms with van der Waals surface area (Å²) >= 11 is 13.1. The number of halogens is 2. The first-order chi connectivity index (χ1) is 11.6. The molecule has 5 nitrogen and oxygen atoms in total. The maximum Gasteiger partial charge on any atom is 0.267 e. The van der Waals surface area contributed by atoms with Gasteiger partial charge < -0.3 is 15.6 Å². The molecule has 0 bridgehead atoms. The van der Waals surface area contributed by atoms with Crippen molar-refractivity contribution in [3.05, 3.63) is 27.5 Å². The molecule has 1 saturated heterocycles. The fourth-order valence-electron chi connectivity index (χ4n) is 3.65. The fraction of sp³-hybridized carbons (Fsp3) is 0.529. The Balaban J connectivity index is 1.87. The number of rotatable bonds is 4. The number of aromatic nitrogens is 2. The Bertz CT molecular complexity index is 807. The molecule has 0 unspecified atom stereocenters. The zero-order valence-corrected chi connectivity index (χ0v) is 14.8. The Labute approximate surface area is 150 Å². The average Bonchev–Trinajstić information content (AvgIpc) is 3.35. The molecule has 1 amide bonds. The van der Waals surface area contributed by atoms with E-state index in [1.54, 1.807) is 0 Å². The van der Waals surface area contributed by atoms with Crippen molar-refractivity contribution in [3.8, 4) is 0 Å². The van der Waals surface area contributed by atoms with Crippen molar-refractivity contribution < 1.29 is 4.79 Å². The highest BCUT2D eigenvalue weighted by Gasteiger charge is 2.33. The van der Waals surface area contributed by atoms with Crippen LogP contribution >= 0.6 is 23.2 Å². The van der Waals surface area contributed by atoms with Gasteiger partial charge >= 0.3 is 0 Å². The number of hydrogen-bond donors (Lipinski definition) is 2. The second-order valence-corrected chi connectivity index (χ2v) is 7.61. The van der Waals surface area contributed by atoms with Gasteiger partial charge in [-0.3, -0.25) is 4.79 Å². The third kappa shape index (κ3) is 2.79. The summed E-state index contributed by atoms with van der Waals surface area (Å²) in [5, 5.41) is 5.28. The fourth-order valence-corrected chi connectivity index (χ4v) is 4.42. The molecular weight excluding hydrogens is 347 g/mol. The van der Waals surface area contributed by atoms with E-state index in [4.69, 9.17) is 28.9 Å². The van der Waals surface area contributed by atoms with Crippen LogP contribution in [-0.4, -0.2) is 28.5 Å². The molecular formula is C17H20Cl2N4O. The predicted molar refractivity (Wildman–Crippen MR) is 95.8 cm³/mol. The number of nitrogens with zero attached hydrogens (tertiary/aromatic N) is 2. The highest BCUT2D eigenvalue weighted by Crippen LogP contribution is 2.48. The van der Waals surface area contributed by atoms with Crippen LogP contribution in [0.25, 0.3) is 11.0 Å². The number of nitrogens with one attached hydrogen (secondary N) is 1. The lowest BCUT2D eigenvalue weighted by Crippen LogP contribution is -2.30. The maximum atomic E-state index is 11.6. The second-order valence-electron chi connectivity index (χ2n) is 6.83. The zero-order valence-electron chi connectivity index (χ0n) is 13.3. The van der Waals surface area contributed by atoms with Crippen molar-refractivity contribution in [2.24, 2.45) is 11.7 Å². The van der Waals surface area contributed by atoms with Crippen LogP contribution in [0, 0.1) is 5.92 Å². The molecule has 2 aromatic rings. The van der Waals surface area contributed by atoms with Gasteiger partial charge in [0.05, 0.1) is 15.4 Å². The summed E-state index contributed by atoms with van der Waals surface area (Å²) in [4.78, 5) is 16.1. The van der Waals surface area contributed by atoms with E-state index in [-0.39, 0.29) is 5.69 Å². The molecule has 3 N–H and O–H groups in total. The predicted octanol–water partition coefficient (Wildman–Crippen LogP) is 3.32. The molecule has 128 valence electrons. The van der Waals surface area contributed by atoms with Crippen molar-refractivity contribution in [1.82, 2.24) is 14.9 Å². The third-order valence-electron chi connectivity index (χ3n) is 5.06. The topological polar surface area (TPSA) is 72.9 Å². The Morgan fingerprint density at radius 2 is 2.00 bits per heavy atom. The normalized spacial score (nSPS) is 19.1. The quantitative estimate of drug-likeness (QED) is 0.871. The van der Waals surface area contributed by atoms with E-state index < -0.39 is 5.91 Å². The van der Waals surface area contributed by atoms with E-state index in [9.17, 15) is 4.79 Å². The highest BCUT2D eigenvalue weighted by atomic mass is 35.5. The lowest BCUT2D eigenvalue weighted by molar-refractivity contribution is 0.0996. The zero-order chi connectivity index (χ0) is 16.8. The molecule has 2 fully saturated rings. The number of carbonyl (C=O) groups excluding carboxylic acids is 1. The second kappa shape index (κ2) is 6.21. The summed E-state index contributed by atoms with van der Waals surface area (Å²) in [6, 6.07) is 1.52. The number of amides is 1. The number of nitrogens with two attached hydrogens (primary N) is 1. The summed E-state index contributed by atoms with van der Waals surface area (Å²) in [5.74, 6) is 0.479. The van der Waals surface area contributed by atoms with Crippen LogP contribution in [0.15, 0.2) is 6.07 Å². The SMILES string of the molecule is NC(=O)c1cc(Cl)c2c(Cl)c(C3CC3)n(CC3CCNCC3)c2n1.